The maximum atomic E-state index is 14.3. The van der Waals surface area contributed by atoms with E-state index in [0.29, 0.717) is 24.3 Å². The molecular formula is C33H9F9N12. The summed E-state index contributed by atoms with van der Waals surface area (Å²) in [6.45, 7) is 9.29. The van der Waals surface area contributed by atoms with Crippen molar-refractivity contribution < 1.29 is 39.5 Å². The SMILES string of the molecule is [C-]#[N+]/C(=C1\N=c2cc(F)c(C(F)(F)F)cc2=N1)c1nc(/C(C#N)=C2\N=c3cc(C)c(F)cc3=N2)nc(/C(C#N)=C2/N=c3cc(F)c(C(F)(F)F)cc3=N2)n1. The molecule has 264 valence electrons. The number of fused-ring (bicyclic) bond motifs is 3. The topological polar surface area (TPSA) is 165 Å². The lowest BCUT2D eigenvalue weighted by Crippen LogP contribution is -2.26. The van der Waals surface area contributed by atoms with Crippen LogP contribution in [0.2, 0.25) is 0 Å². The predicted octanol–water partition coefficient (Wildman–Crippen LogP) is 3.42. The van der Waals surface area contributed by atoms with Gasteiger partial charge in [0.1, 0.15) is 40.7 Å². The molecule has 21 heteroatoms. The molecule has 3 aliphatic heterocycles. The van der Waals surface area contributed by atoms with Gasteiger partial charge in [-0.2, -0.15) is 36.9 Å². The number of hydrogen-bond acceptors (Lipinski definition) is 11. The van der Waals surface area contributed by atoms with Crippen molar-refractivity contribution in [2.24, 2.45) is 30.0 Å². The molecule has 0 atom stereocenters. The molecule has 0 amide bonds. The van der Waals surface area contributed by atoms with Gasteiger partial charge in [0.05, 0.1) is 49.8 Å². The Bertz CT molecular complexity index is 2860. The summed E-state index contributed by atoms with van der Waals surface area (Å²) >= 11 is 0. The summed E-state index contributed by atoms with van der Waals surface area (Å²) < 4.78 is 123. The second-order valence-corrected chi connectivity index (χ2v) is 11.1. The zero-order valence-corrected chi connectivity index (χ0v) is 26.2. The zero-order chi connectivity index (χ0) is 38.9. The van der Waals surface area contributed by atoms with Crippen molar-refractivity contribution in [3.63, 3.8) is 0 Å². The van der Waals surface area contributed by atoms with E-state index in [1.807, 2.05) is 0 Å². The predicted molar refractivity (Wildman–Crippen MR) is 159 cm³/mol. The summed E-state index contributed by atoms with van der Waals surface area (Å²) in [4.78, 5) is 39.6. The molecule has 0 fully saturated rings. The standard InChI is InChI=1S/C33H9F9N12/c1-11-3-19-22(6-16(11)34)48-26(46-19)12(9-43)28-52-29(13(10-44)27-47-20-4-14(32(37,38)39)17(35)7-23(20)49-27)54-31(53-28)25(45-2)30-50-21-5-15(33(40,41)42)18(36)8-24(21)51-30/h3-8H,1H3/b26-12+,27-13+,30-25-. The molecule has 1 aromatic heterocycles. The third kappa shape index (κ3) is 6.01. The lowest BCUT2D eigenvalue weighted by molar-refractivity contribution is -0.140. The lowest BCUT2D eigenvalue weighted by atomic mass is 10.2. The number of alkyl halides is 6. The second-order valence-electron chi connectivity index (χ2n) is 11.1. The summed E-state index contributed by atoms with van der Waals surface area (Å²) in [7, 11) is 0. The molecule has 4 heterocycles. The van der Waals surface area contributed by atoms with Gasteiger partial charge < -0.3 is 0 Å². The van der Waals surface area contributed by atoms with Gasteiger partial charge in [-0.3, -0.25) is 0 Å². The third-order valence-corrected chi connectivity index (χ3v) is 7.64. The van der Waals surface area contributed by atoms with Crippen LogP contribution < -0.4 is 32.1 Å². The van der Waals surface area contributed by atoms with E-state index >= 15 is 0 Å². The van der Waals surface area contributed by atoms with Gasteiger partial charge in [0.2, 0.25) is 0 Å². The summed E-state index contributed by atoms with van der Waals surface area (Å²) in [6, 6.07) is 7.43. The van der Waals surface area contributed by atoms with Crippen LogP contribution in [0.5, 0.6) is 0 Å². The number of halogens is 9. The number of nitrogens with zero attached hydrogens (tertiary/aromatic N) is 12. The number of aryl methyl sites for hydroxylation is 1. The van der Waals surface area contributed by atoms with Gasteiger partial charge >= 0.3 is 12.4 Å². The van der Waals surface area contributed by atoms with E-state index in [1.54, 1.807) is 12.1 Å². The number of hydrogen-bond donors (Lipinski definition) is 0. The highest BCUT2D eigenvalue weighted by Crippen LogP contribution is 2.32. The Morgan fingerprint density at radius 1 is 0.556 bits per heavy atom. The maximum absolute atomic E-state index is 14.3. The van der Waals surface area contributed by atoms with Gasteiger partial charge in [0.25, 0.3) is 5.70 Å². The summed E-state index contributed by atoms with van der Waals surface area (Å²) in [5.74, 6) is -7.67. The van der Waals surface area contributed by atoms with E-state index in [2.05, 4.69) is 49.8 Å². The van der Waals surface area contributed by atoms with Gasteiger partial charge in [-0.15, -0.1) is 0 Å². The summed E-state index contributed by atoms with van der Waals surface area (Å²) in [6.07, 6.45) is -10.2. The minimum absolute atomic E-state index is 0.0118. The Morgan fingerprint density at radius 3 is 1.30 bits per heavy atom. The van der Waals surface area contributed by atoms with Crippen LogP contribution in [0, 0.1) is 53.6 Å². The highest BCUT2D eigenvalue weighted by Gasteiger charge is 2.36. The molecule has 0 bridgehead atoms. The molecule has 4 aromatic rings. The van der Waals surface area contributed by atoms with Gasteiger partial charge in [0.15, 0.2) is 34.9 Å². The fourth-order valence-corrected chi connectivity index (χ4v) is 5.12. The Labute approximate surface area is 292 Å². The molecule has 12 nitrogen and oxygen atoms in total. The van der Waals surface area contributed by atoms with Gasteiger partial charge in [-0.1, -0.05) is 0 Å². The van der Waals surface area contributed by atoms with Gasteiger partial charge in [-0.25, -0.2) is 62.9 Å². The van der Waals surface area contributed by atoms with Crippen molar-refractivity contribution in [3.8, 4) is 12.1 Å². The van der Waals surface area contributed by atoms with E-state index in [4.69, 9.17) is 6.57 Å². The Morgan fingerprint density at radius 2 is 0.907 bits per heavy atom. The van der Waals surface area contributed by atoms with Crippen molar-refractivity contribution in [1.82, 2.24) is 15.0 Å². The molecule has 0 N–H and O–H groups in total. The monoisotopic (exact) mass is 744 g/mol. The van der Waals surface area contributed by atoms with E-state index in [0.717, 1.165) is 6.07 Å². The molecule has 3 aliphatic rings. The Kier molecular flexibility index (Phi) is 7.99. The number of benzene rings is 3. The van der Waals surface area contributed by atoms with Crippen LogP contribution in [-0.2, 0) is 12.4 Å². The zero-order valence-electron chi connectivity index (χ0n) is 26.2. The second kappa shape index (κ2) is 12.3. The number of allylic oxidation sites excluding steroid dienone is 2. The van der Waals surface area contributed by atoms with Crippen molar-refractivity contribution in [3.05, 3.63) is 149 Å². The van der Waals surface area contributed by atoms with Crippen molar-refractivity contribution in [2.45, 2.75) is 19.3 Å². The van der Waals surface area contributed by atoms with Crippen LogP contribution >= 0.6 is 0 Å². The van der Waals surface area contributed by atoms with E-state index in [9.17, 15) is 50.0 Å². The molecule has 0 radical (unpaired) electrons. The van der Waals surface area contributed by atoms with Crippen LogP contribution in [0.15, 0.2) is 83.8 Å². The van der Waals surface area contributed by atoms with Crippen molar-refractivity contribution in [2.75, 3.05) is 0 Å². The summed E-state index contributed by atoms with van der Waals surface area (Å²) in [5.41, 5.74) is -5.09. The highest BCUT2D eigenvalue weighted by molar-refractivity contribution is 5.80. The average Bonchev–Trinajstić information content (AvgIpc) is 3.80. The molecule has 0 saturated heterocycles. The van der Waals surface area contributed by atoms with Crippen LogP contribution in [0.4, 0.5) is 39.5 Å². The van der Waals surface area contributed by atoms with Crippen LogP contribution in [0.3, 0.4) is 0 Å². The lowest BCUT2D eigenvalue weighted by Gasteiger charge is -2.07. The largest absolute Gasteiger partial charge is 0.419 e. The minimum atomic E-state index is -5.11. The third-order valence-electron chi connectivity index (χ3n) is 7.64. The number of rotatable bonds is 3. The van der Waals surface area contributed by atoms with E-state index < -0.39 is 108 Å². The first-order valence-electron chi connectivity index (χ1n) is 14.6. The Hall–Kier alpha value is -7.47. The molecule has 3 aromatic carbocycles. The van der Waals surface area contributed by atoms with Crippen LogP contribution in [0.1, 0.15) is 34.2 Å². The molecule has 0 saturated carbocycles. The van der Waals surface area contributed by atoms with E-state index in [-0.39, 0.29) is 22.1 Å². The first-order valence-corrected chi connectivity index (χ1v) is 14.6. The smallest absolute Gasteiger partial charge is 0.238 e. The quantitative estimate of drug-likeness (QED) is 0.178. The van der Waals surface area contributed by atoms with E-state index in [1.165, 1.54) is 13.0 Å². The van der Waals surface area contributed by atoms with Crippen LogP contribution in [0.25, 0.3) is 21.7 Å². The minimum Gasteiger partial charge on any atom is -0.238 e. The highest BCUT2D eigenvalue weighted by atomic mass is 19.4. The first kappa shape index (κ1) is 35.0. The molecule has 0 spiro atoms. The summed E-state index contributed by atoms with van der Waals surface area (Å²) in [5, 5.41) is 18.8. The fraction of sp³-hybridized carbons (Fsp3) is 0.0909. The fourth-order valence-electron chi connectivity index (χ4n) is 5.12. The first-order chi connectivity index (χ1) is 25.5. The number of aromatic nitrogens is 3. The average molecular weight is 745 g/mol. The van der Waals surface area contributed by atoms with Crippen LogP contribution in [-0.4, -0.2) is 15.0 Å². The molecular weight excluding hydrogens is 735 g/mol. The van der Waals surface area contributed by atoms with Gasteiger partial charge in [0, 0.05) is 18.2 Å². The van der Waals surface area contributed by atoms with Crippen molar-refractivity contribution in [1.29, 1.82) is 10.5 Å². The molecule has 54 heavy (non-hydrogen) atoms. The molecule has 7 rings (SSSR count). The Balaban J connectivity index is 1.49. The van der Waals surface area contributed by atoms with Crippen molar-refractivity contribution >= 4 is 16.8 Å². The molecule has 0 aliphatic carbocycles. The maximum Gasteiger partial charge on any atom is 0.419 e. The normalized spacial score (nSPS) is 16.7. The molecule has 0 unspecified atom stereocenters. The van der Waals surface area contributed by atoms with Gasteiger partial charge in [-0.05, 0) is 30.7 Å². The number of nitriles is 2.